The largest absolute Gasteiger partial charge is 0.348 e. The molecule has 2 aromatic carbocycles. The molecule has 0 aliphatic carbocycles. The number of hydrogen-bond donors (Lipinski definition) is 1. The number of nitrogens with one attached hydrogen (secondary N) is 1. The van der Waals surface area contributed by atoms with Crippen molar-refractivity contribution in [3.8, 4) is 0 Å². The first-order valence-electron chi connectivity index (χ1n) is 8.31. The van der Waals surface area contributed by atoms with Gasteiger partial charge in [0.2, 0.25) is 15.9 Å². The summed E-state index contributed by atoms with van der Waals surface area (Å²) in [6.07, 6.45) is 2.09. The van der Waals surface area contributed by atoms with Crippen LogP contribution < -0.4 is 9.62 Å². The topological polar surface area (TPSA) is 101 Å². The van der Waals surface area contributed by atoms with Crippen molar-refractivity contribution in [2.75, 3.05) is 23.4 Å². The quantitative estimate of drug-likeness (QED) is 0.658. The lowest BCUT2D eigenvalue weighted by atomic mass is 10.1. The van der Waals surface area contributed by atoms with Gasteiger partial charge < -0.3 is 5.32 Å². The van der Waals surface area contributed by atoms with Crippen molar-refractivity contribution in [2.45, 2.75) is 17.9 Å². The SMILES string of the molecule is C[C@@H](NC(=O)CN(c1ccc(Cl)c(Cl)c1)S(C)(=O)=O)c1ccc(S(C)(=O)=O)cc1. The van der Waals surface area contributed by atoms with E-state index in [9.17, 15) is 21.6 Å². The molecule has 0 aliphatic heterocycles. The van der Waals surface area contributed by atoms with Crippen LogP contribution in [-0.2, 0) is 24.7 Å². The molecule has 0 heterocycles. The average Bonchev–Trinajstić information content (AvgIpc) is 2.60. The third-order valence-corrected chi connectivity index (χ3v) is 7.07. The molecule has 1 amide bonds. The Labute approximate surface area is 180 Å². The number of carbonyl (C=O) groups is 1. The van der Waals surface area contributed by atoms with Crippen molar-refractivity contribution >= 4 is 54.7 Å². The van der Waals surface area contributed by atoms with Crippen LogP contribution in [0.25, 0.3) is 0 Å². The van der Waals surface area contributed by atoms with Gasteiger partial charge in [-0.05, 0) is 42.8 Å². The molecule has 1 N–H and O–H groups in total. The Bertz CT molecular complexity index is 1120. The zero-order valence-electron chi connectivity index (χ0n) is 15.9. The summed E-state index contributed by atoms with van der Waals surface area (Å²) in [5.41, 5.74) is 0.883. The van der Waals surface area contributed by atoms with Crippen LogP contribution >= 0.6 is 23.2 Å². The zero-order chi connectivity index (χ0) is 22.0. The van der Waals surface area contributed by atoms with E-state index in [1.165, 1.54) is 30.3 Å². The Morgan fingerprint density at radius 1 is 1.00 bits per heavy atom. The van der Waals surface area contributed by atoms with E-state index in [2.05, 4.69) is 5.32 Å². The molecule has 2 aromatic rings. The minimum atomic E-state index is -3.76. The van der Waals surface area contributed by atoms with Gasteiger partial charge in [0.15, 0.2) is 9.84 Å². The highest BCUT2D eigenvalue weighted by atomic mass is 35.5. The molecule has 158 valence electrons. The maximum absolute atomic E-state index is 12.5. The molecular formula is C18H20Cl2N2O5S2. The van der Waals surface area contributed by atoms with E-state index >= 15 is 0 Å². The second-order valence-electron chi connectivity index (χ2n) is 6.50. The van der Waals surface area contributed by atoms with Crippen LogP contribution in [0, 0.1) is 0 Å². The van der Waals surface area contributed by atoms with Gasteiger partial charge in [-0.2, -0.15) is 0 Å². The smallest absolute Gasteiger partial charge is 0.241 e. The fraction of sp³-hybridized carbons (Fsp3) is 0.278. The number of sulfonamides is 1. The van der Waals surface area contributed by atoms with Gasteiger partial charge in [-0.15, -0.1) is 0 Å². The molecular weight excluding hydrogens is 459 g/mol. The average molecular weight is 479 g/mol. The fourth-order valence-corrected chi connectivity index (χ4v) is 4.32. The Hall–Kier alpha value is -1.81. The standard InChI is InChI=1S/C18H20Cl2N2O5S2/c1-12(13-4-7-15(8-5-13)28(2,24)25)21-18(23)11-22(29(3,26)27)14-6-9-16(19)17(20)10-14/h4-10,12H,11H2,1-3H3,(H,21,23)/t12-/m1/s1. The summed E-state index contributed by atoms with van der Waals surface area (Å²) >= 11 is 11.8. The van der Waals surface area contributed by atoms with Gasteiger partial charge in [0.05, 0.1) is 32.9 Å². The Kier molecular flexibility index (Phi) is 7.21. The number of rotatable bonds is 7. The fourth-order valence-electron chi connectivity index (χ4n) is 2.54. The van der Waals surface area contributed by atoms with Crippen LogP contribution in [0.3, 0.4) is 0 Å². The lowest BCUT2D eigenvalue weighted by molar-refractivity contribution is -0.120. The van der Waals surface area contributed by atoms with Crippen LogP contribution in [0.2, 0.25) is 10.0 Å². The second kappa shape index (κ2) is 8.91. The van der Waals surface area contributed by atoms with Crippen molar-refractivity contribution in [3.05, 3.63) is 58.1 Å². The van der Waals surface area contributed by atoms with E-state index in [1.807, 2.05) is 0 Å². The third-order valence-electron chi connectivity index (χ3n) is 4.06. The van der Waals surface area contributed by atoms with E-state index in [-0.39, 0.29) is 20.6 Å². The number of amides is 1. The number of sulfone groups is 1. The van der Waals surface area contributed by atoms with Crippen LogP contribution in [0.5, 0.6) is 0 Å². The van der Waals surface area contributed by atoms with Crippen LogP contribution in [0.1, 0.15) is 18.5 Å². The number of nitrogens with zero attached hydrogens (tertiary/aromatic N) is 1. The summed E-state index contributed by atoms with van der Waals surface area (Å²) in [5, 5.41) is 3.13. The minimum Gasteiger partial charge on any atom is -0.348 e. The molecule has 0 unspecified atom stereocenters. The first-order chi connectivity index (χ1) is 13.3. The molecule has 0 saturated carbocycles. The third kappa shape index (κ3) is 6.33. The van der Waals surface area contributed by atoms with Gasteiger partial charge >= 0.3 is 0 Å². The van der Waals surface area contributed by atoms with E-state index in [4.69, 9.17) is 23.2 Å². The van der Waals surface area contributed by atoms with E-state index in [0.29, 0.717) is 5.56 Å². The first kappa shape index (κ1) is 23.5. The van der Waals surface area contributed by atoms with Crippen LogP contribution in [0.15, 0.2) is 47.4 Å². The van der Waals surface area contributed by atoms with Crippen molar-refractivity contribution in [3.63, 3.8) is 0 Å². The van der Waals surface area contributed by atoms with E-state index < -0.39 is 38.4 Å². The Morgan fingerprint density at radius 2 is 1.59 bits per heavy atom. The van der Waals surface area contributed by atoms with Crippen LogP contribution in [-0.4, -0.2) is 41.8 Å². The Morgan fingerprint density at radius 3 is 2.07 bits per heavy atom. The predicted octanol–water partition coefficient (Wildman–Crippen LogP) is 3.04. The van der Waals surface area contributed by atoms with Crippen molar-refractivity contribution in [2.24, 2.45) is 0 Å². The summed E-state index contributed by atoms with van der Waals surface area (Å²) in [6, 6.07) is 9.88. The minimum absolute atomic E-state index is 0.164. The molecule has 0 aliphatic rings. The molecule has 7 nitrogen and oxygen atoms in total. The van der Waals surface area contributed by atoms with Gasteiger partial charge in [0, 0.05) is 6.26 Å². The number of hydrogen-bond acceptors (Lipinski definition) is 5. The van der Waals surface area contributed by atoms with Crippen molar-refractivity contribution < 1.29 is 21.6 Å². The molecule has 0 fully saturated rings. The van der Waals surface area contributed by atoms with E-state index in [0.717, 1.165) is 16.8 Å². The van der Waals surface area contributed by atoms with Crippen molar-refractivity contribution in [1.82, 2.24) is 5.32 Å². The highest BCUT2D eigenvalue weighted by Gasteiger charge is 2.22. The summed E-state index contributed by atoms with van der Waals surface area (Å²) in [4.78, 5) is 12.6. The number of halogens is 2. The zero-order valence-corrected chi connectivity index (χ0v) is 19.0. The summed E-state index contributed by atoms with van der Waals surface area (Å²) in [7, 11) is -7.08. The number of carbonyl (C=O) groups excluding carboxylic acids is 1. The highest BCUT2D eigenvalue weighted by Crippen LogP contribution is 2.28. The van der Waals surface area contributed by atoms with Gasteiger partial charge in [-0.1, -0.05) is 35.3 Å². The summed E-state index contributed by atoms with van der Waals surface area (Å²) in [5.74, 6) is -0.541. The molecule has 0 aromatic heterocycles. The maximum atomic E-state index is 12.5. The van der Waals surface area contributed by atoms with Crippen LogP contribution in [0.4, 0.5) is 5.69 Å². The van der Waals surface area contributed by atoms with Gasteiger partial charge in [0.1, 0.15) is 6.54 Å². The molecule has 0 radical (unpaired) electrons. The number of anilines is 1. The molecule has 0 spiro atoms. The van der Waals surface area contributed by atoms with Gasteiger partial charge in [-0.3, -0.25) is 9.10 Å². The predicted molar refractivity (Wildman–Crippen MR) is 115 cm³/mol. The van der Waals surface area contributed by atoms with Crippen molar-refractivity contribution in [1.29, 1.82) is 0 Å². The molecule has 29 heavy (non-hydrogen) atoms. The molecule has 2 rings (SSSR count). The lowest BCUT2D eigenvalue weighted by Gasteiger charge is -2.23. The molecule has 0 saturated heterocycles. The maximum Gasteiger partial charge on any atom is 0.241 e. The van der Waals surface area contributed by atoms with Gasteiger partial charge in [0.25, 0.3) is 0 Å². The monoisotopic (exact) mass is 478 g/mol. The summed E-state index contributed by atoms with van der Waals surface area (Å²) in [6.45, 7) is 1.25. The normalized spacial score (nSPS) is 13.0. The number of benzene rings is 2. The summed E-state index contributed by atoms with van der Waals surface area (Å²) < 4.78 is 48.3. The molecule has 0 bridgehead atoms. The first-order valence-corrected chi connectivity index (χ1v) is 12.8. The highest BCUT2D eigenvalue weighted by molar-refractivity contribution is 7.92. The molecule has 11 heteroatoms. The van der Waals surface area contributed by atoms with Gasteiger partial charge in [-0.25, -0.2) is 16.8 Å². The van der Waals surface area contributed by atoms with E-state index in [1.54, 1.807) is 19.1 Å². The lowest BCUT2D eigenvalue weighted by Crippen LogP contribution is -2.41. The molecule has 1 atom stereocenters. The second-order valence-corrected chi connectivity index (χ2v) is 11.2. The Balaban J connectivity index is 2.16.